The van der Waals surface area contributed by atoms with E-state index in [0.717, 1.165) is 50.9 Å². The first kappa shape index (κ1) is 17.7. The maximum atomic E-state index is 13.3. The Morgan fingerprint density at radius 1 is 1.25 bits per heavy atom. The summed E-state index contributed by atoms with van der Waals surface area (Å²) in [6, 6.07) is 12.5. The van der Waals surface area contributed by atoms with Crippen molar-refractivity contribution in [2.24, 2.45) is 0 Å². The number of aryl methyl sites for hydroxylation is 1. The normalized spacial score (nSPS) is 15.2. The van der Waals surface area contributed by atoms with E-state index in [1.165, 1.54) is 11.8 Å². The number of hydrogen-bond donors (Lipinski definition) is 1. The molecule has 3 aromatic heterocycles. The number of hydrogen-bond acceptors (Lipinski definition) is 5. The molecule has 7 heteroatoms. The van der Waals surface area contributed by atoms with Crippen LogP contribution in [0.5, 0.6) is 0 Å². The van der Waals surface area contributed by atoms with Gasteiger partial charge in [-0.05, 0) is 44.2 Å². The van der Waals surface area contributed by atoms with Gasteiger partial charge in [-0.15, -0.1) is 21.5 Å². The number of nitrogens with one attached hydrogen (secondary N) is 1. The van der Waals surface area contributed by atoms with Crippen molar-refractivity contribution >= 4 is 39.8 Å². The minimum absolute atomic E-state index is 0.128. The molecule has 1 unspecified atom stereocenters. The Balaban J connectivity index is 1.46. The van der Waals surface area contributed by atoms with Crippen LogP contribution in [0.4, 0.5) is 0 Å². The van der Waals surface area contributed by atoms with E-state index in [9.17, 15) is 4.79 Å². The number of ketones is 1. The molecule has 0 amide bonds. The van der Waals surface area contributed by atoms with Gasteiger partial charge in [-0.3, -0.25) is 9.36 Å². The molecule has 1 saturated carbocycles. The number of thiophene rings is 1. The van der Waals surface area contributed by atoms with Crippen LogP contribution in [0, 0.1) is 6.92 Å². The Bertz CT molecular complexity index is 1150. The molecule has 5 nitrogen and oxygen atoms in total. The molecule has 3 heterocycles. The summed E-state index contributed by atoms with van der Waals surface area (Å²) in [5.74, 6) is 1.05. The van der Waals surface area contributed by atoms with Gasteiger partial charge in [-0.2, -0.15) is 0 Å². The first-order valence-corrected chi connectivity index (χ1v) is 11.2. The summed E-state index contributed by atoms with van der Waals surface area (Å²) < 4.78 is 2.22. The molecule has 5 rings (SSSR count). The number of rotatable bonds is 6. The Morgan fingerprint density at radius 2 is 2.07 bits per heavy atom. The predicted octanol–water partition coefficient (Wildman–Crippen LogP) is 5.49. The van der Waals surface area contributed by atoms with Gasteiger partial charge >= 0.3 is 0 Å². The minimum Gasteiger partial charge on any atom is -0.358 e. The number of fused-ring (bicyclic) bond motifs is 1. The van der Waals surface area contributed by atoms with E-state index in [4.69, 9.17) is 0 Å². The topological polar surface area (TPSA) is 63.6 Å². The molecule has 1 aliphatic rings. The van der Waals surface area contributed by atoms with Crippen LogP contribution in [-0.2, 0) is 0 Å². The van der Waals surface area contributed by atoms with Crippen molar-refractivity contribution in [1.82, 2.24) is 19.7 Å². The molecule has 1 aromatic carbocycles. The monoisotopic (exact) mass is 408 g/mol. The highest BCUT2D eigenvalue weighted by Gasteiger charge is 2.32. The summed E-state index contributed by atoms with van der Waals surface area (Å²) in [4.78, 5) is 17.7. The van der Waals surface area contributed by atoms with Crippen LogP contribution in [0.25, 0.3) is 21.6 Å². The van der Waals surface area contributed by atoms with E-state index in [2.05, 4.69) is 31.2 Å². The second-order valence-electron chi connectivity index (χ2n) is 7.18. The molecule has 0 bridgehead atoms. The zero-order valence-electron chi connectivity index (χ0n) is 15.7. The lowest BCUT2D eigenvalue weighted by Gasteiger charge is -2.12. The molecule has 0 radical (unpaired) electrons. The molecule has 0 aliphatic heterocycles. The fraction of sp³-hybridized carbons (Fsp3) is 0.286. The number of carbonyl (C=O) groups is 1. The molecule has 28 heavy (non-hydrogen) atoms. The zero-order chi connectivity index (χ0) is 19.3. The van der Waals surface area contributed by atoms with Gasteiger partial charge in [0, 0.05) is 28.2 Å². The first-order chi connectivity index (χ1) is 13.6. The van der Waals surface area contributed by atoms with Crippen molar-refractivity contribution in [3.8, 4) is 10.7 Å². The van der Waals surface area contributed by atoms with Crippen LogP contribution >= 0.6 is 23.1 Å². The lowest BCUT2D eigenvalue weighted by molar-refractivity contribution is 0.0995. The van der Waals surface area contributed by atoms with Gasteiger partial charge in [0.05, 0.1) is 10.1 Å². The molecule has 1 fully saturated rings. The fourth-order valence-electron chi connectivity index (χ4n) is 3.60. The second kappa shape index (κ2) is 6.90. The number of H-pyrrole nitrogens is 1. The van der Waals surface area contributed by atoms with Gasteiger partial charge in [0.25, 0.3) is 0 Å². The van der Waals surface area contributed by atoms with Gasteiger partial charge in [-0.1, -0.05) is 36.0 Å². The highest BCUT2D eigenvalue weighted by molar-refractivity contribution is 8.00. The largest absolute Gasteiger partial charge is 0.358 e. The fourth-order valence-corrected chi connectivity index (χ4v) is 5.29. The van der Waals surface area contributed by atoms with E-state index in [-0.39, 0.29) is 11.0 Å². The Hall–Kier alpha value is -2.38. The van der Waals surface area contributed by atoms with Crippen LogP contribution in [-0.4, -0.2) is 30.8 Å². The number of aromatic amines is 1. The lowest BCUT2D eigenvalue weighted by Crippen LogP contribution is -2.15. The van der Waals surface area contributed by atoms with Gasteiger partial charge in [-0.25, -0.2) is 0 Å². The number of nitrogens with zero attached hydrogens (tertiary/aromatic N) is 3. The average Bonchev–Trinajstić information content (AvgIpc) is 3.09. The summed E-state index contributed by atoms with van der Waals surface area (Å²) in [5, 5.41) is 12.5. The Kier molecular flexibility index (Phi) is 4.36. The van der Waals surface area contributed by atoms with Crippen molar-refractivity contribution in [1.29, 1.82) is 0 Å². The quantitative estimate of drug-likeness (QED) is 0.338. The Morgan fingerprint density at radius 3 is 2.82 bits per heavy atom. The van der Waals surface area contributed by atoms with E-state index < -0.39 is 0 Å². The summed E-state index contributed by atoms with van der Waals surface area (Å²) in [5.41, 5.74) is 2.70. The molecular weight excluding hydrogens is 388 g/mol. The summed E-state index contributed by atoms with van der Waals surface area (Å²) >= 11 is 3.18. The summed E-state index contributed by atoms with van der Waals surface area (Å²) in [6.45, 7) is 3.93. The second-order valence-corrected chi connectivity index (χ2v) is 9.44. The van der Waals surface area contributed by atoms with Gasteiger partial charge < -0.3 is 4.98 Å². The van der Waals surface area contributed by atoms with Crippen molar-refractivity contribution in [2.45, 2.75) is 43.1 Å². The van der Waals surface area contributed by atoms with E-state index in [1.54, 1.807) is 11.3 Å². The number of Topliss-reactive ketones (excluding diaryl/α,β-unsaturated/α-hetero) is 1. The standard InChI is InChI=1S/C21H20N4OS2/c1-12-18(15-6-3-4-7-16(15)22-12)19(26)13(2)28-21-24-23-20(17-8-5-11-27-17)25(21)14-9-10-14/h3-8,11,13-14,22H,9-10H2,1-2H3. The van der Waals surface area contributed by atoms with Crippen LogP contribution in [0.2, 0.25) is 0 Å². The zero-order valence-corrected chi connectivity index (χ0v) is 17.3. The van der Waals surface area contributed by atoms with Crippen molar-refractivity contribution in [2.75, 3.05) is 0 Å². The van der Waals surface area contributed by atoms with Crippen molar-refractivity contribution in [3.63, 3.8) is 0 Å². The third-order valence-corrected chi connectivity index (χ3v) is 7.03. The minimum atomic E-state index is -0.240. The lowest BCUT2D eigenvalue weighted by atomic mass is 10.1. The highest BCUT2D eigenvalue weighted by Crippen LogP contribution is 2.42. The molecule has 1 aliphatic carbocycles. The van der Waals surface area contributed by atoms with Crippen LogP contribution in [0.3, 0.4) is 0 Å². The smallest absolute Gasteiger partial charge is 0.192 e. The highest BCUT2D eigenvalue weighted by atomic mass is 32.2. The van der Waals surface area contributed by atoms with Gasteiger partial charge in [0.15, 0.2) is 16.8 Å². The van der Waals surface area contributed by atoms with Gasteiger partial charge in [0.2, 0.25) is 0 Å². The molecule has 4 aromatic rings. The van der Waals surface area contributed by atoms with E-state index in [1.807, 2.05) is 44.2 Å². The maximum absolute atomic E-state index is 13.3. The molecule has 0 saturated heterocycles. The molecular formula is C21H20N4OS2. The van der Waals surface area contributed by atoms with Crippen LogP contribution in [0.1, 0.15) is 41.9 Å². The number of aromatic nitrogens is 4. The third kappa shape index (κ3) is 2.99. The van der Waals surface area contributed by atoms with Crippen molar-refractivity contribution < 1.29 is 4.79 Å². The molecule has 142 valence electrons. The number of para-hydroxylation sites is 1. The maximum Gasteiger partial charge on any atom is 0.192 e. The van der Waals surface area contributed by atoms with Crippen LogP contribution < -0.4 is 0 Å². The van der Waals surface area contributed by atoms with Crippen LogP contribution in [0.15, 0.2) is 46.9 Å². The molecule has 1 atom stereocenters. The average molecular weight is 409 g/mol. The number of thioether (sulfide) groups is 1. The third-order valence-electron chi connectivity index (χ3n) is 5.11. The summed E-state index contributed by atoms with van der Waals surface area (Å²) in [6.07, 6.45) is 2.29. The predicted molar refractivity (Wildman–Crippen MR) is 114 cm³/mol. The number of carbonyl (C=O) groups excluding carboxylic acids is 1. The molecule has 0 spiro atoms. The number of benzene rings is 1. The SMILES string of the molecule is Cc1[nH]c2ccccc2c1C(=O)C(C)Sc1nnc(-c2cccs2)n1C1CC1. The van der Waals surface area contributed by atoms with Crippen molar-refractivity contribution in [3.05, 3.63) is 53.0 Å². The molecule has 1 N–H and O–H groups in total. The van der Waals surface area contributed by atoms with E-state index in [0.29, 0.717) is 6.04 Å². The van der Waals surface area contributed by atoms with Gasteiger partial charge in [0.1, 0.15) is 0 Å². The first-order valence-electron chi connectivity index (χ1n) is 9.40. The Labute approximate surface area is 171 Å². The summed E-state index contributed by atoms with van der Waals surface area (Å²) in [7, 11) is 0. The van der Waals surface area contributed by atoms with E-state index >= 15 is 0 Å².